The van der Waals surface area contributed by atoms with Crippen LogP contribution in [-0.2, 0) is 6.54 Å². The van der Waals surface area contributed by atoms with Gasteiger partial charge in [-0.25, -0.2) is 0 Å². The summed E-state index contributed by atoms with van der Waals surface area (Å²) >= 11 is 5.26. The van der Waals surface area contributed by atoms with Crippen LogP contribution in [0.3, 0.4) is 0 Å². The summed E-state index contributed by atoms with van der Waals surface area (Å²) in [6.45, 7) is 0.681. The highest BCUT2D eigenvalue weighted by atomic mass is 79.9. The minimum absolute atomic E-state index is 0.495. The van der Waals surface area contributed by atoms with Crippen LogP contribution in [0.1, 0.15) is 12.3 Å². The molecule has 0 spiro atoms. The van der Waals surface area contributed by atoms with Crippen molar-refractivity contribution < 1.29 is 8.94 Å². The van der Waals surface area contributed by atoms with E-state index < -0.39 is 0 Å². The molecule has 102 valence electrons. The summed E-state index contributed by atoms with van der Waals surface area (Å²) in [6, 6.07) is 4.24. The molecular weight excluding hydrogens is 330 g/mol. The van der Waals surface area contributed by atoms with Gasteiger partial charge in [0.25, 0.3) is 0 Å². The number of rotatable bonds is 4. The Morgan fingerprint density at radius 3 is 3.11 bits per heavy atom. The first-order valence-electron chi connectivity index (χ1n) is 6.08. The molecule has 7 heteroatoms. The Bertz CT molecular complexity index is 551. The van der Waals surface area contributed by atoms with Crippen LogP contribution in [0.5, 0.6) is 0 Å². The van der Waals surface area contributed by atoms with Gasteiger partial charge in [0.15, 0.2) is 10.4 Å². The molecule has 0 N–H and O–H groups in total. The molecule has 1 fully saturated rings. The third-order valence-corrected chi connectivity index (χ3v) is 4.75. The first kappa shape index (κ1) is 13.2. The van der Waals surface area contributed by atoms with E-state index in [-0.39, 0.29) is 0 Å². The van der Waals surface area contributed by atoms with Gasteiger partial charge in [0.05, 0.1) is 6.54 Å². The zero-order valence-corrected chi connectivity index (χ0v) is 12.9. The van der Waals surface area contributed by atoms with E-state index in [0.717, 1.165) is 0 Å². The molecule has 2 aromatic rings. The number of hydrogen-bond donors (Lipinski definition) is 0. The zero-order valence-electron chi connectivity index (χ0n) is 10.5. The minimum atomic E-state index is 0.495. The number of halogens is 1. The minimum Gasteiger partial charge on any atom is -0.446 e. The fourth-order valence-corrected chi connectivity index (χ4v) is 3.67. The maximum absolute atomic E-state index is 5.40. The molecule has 1 atom stereocenters. The van der Waals surface area contributed by atoms with Gasteiger partial charge in [-0.3, -0.25) is 4.90 Å². The third-order valence-electron chi connectivity index (χ3n) is 3.18. The number of furan rings is 1. The second-order valence-corrected chi connectivity index (χ2v) is 6.48. The van der Waals surface area contributed by atoms with Gasteiger partial charge in [0.2, 0.25) is 11.7 Å². The average molecular weight is 344 g/mol. The summed E-state index contributed by atoms with van der Waals surface area (Å²) in [5.41, 5.74) is 0. The summed E-state index contributed by atoms with van der Waals surface area (Å²) < 4.78 is 11.3. The second-order valence-electron chi connectivity index (χ2n) is 4.55. The van der Waals surface area contributed by atoms with E-state index in [1.807, 2.05) is 23.9 Å². The summed E-state index contributed by atoms with van der Waals surface area (Å²) in [5.74, 6) is 4.16. The topological polar surface area (TPSA) is 55.3 Å². The quantitative estimate of drug-likeness (QED) is 0.850. The molecule has 0 aliphatic carbocycles. The fraction of sp³-hybridized carbons (Fsp3) is 0.500. The Morgan fingerprint density at radius 2 is 2.42 bits per heavy atom. The van der Waals surface area contributed by atoms with Crippen LogP contribution in [-0.4, -0.2) is 39.6 Å². The smallest absolute Gasteiger partial charge is 0.241 e. The lowest BCUT2D eigenvalue weighted by atomic mass is 10.2. The molecule has 0 bridgehead atoms. The predicted octanol–water partition coefficient (Wildman–Crippen LogP) is 3.03. The van der Waals surface area contributed by atoms with Crippen molar-refractivity contribution in [3.05, 3.63) is 22.7 Å². The van der Waals surface area contributed by atoms with Gasteiger partial charge in [-0.15, -0.1) is 0 Å². The van der Waals surface area contributed by atoms with Crippen LogP contribution in [0, 0.1) is 0 Å². The van der Waals surface area contributed by atoms with Crippen molar-refractivity contribution in [2.75, 3.05) is 18.6 Å². The van der Waals surface area contributed by atoms with E-state index in [9.17, 15) is 0 Å². The van der Waals surface area contributed by atoms with Gasteiger partial charge in [0, 0.05) is 11.8 Å². The van der Waals surface area contributed by atoms with Crippen molar-refractivity contribution in [1.82, 2.24) is 15.0 Å². The largest absolute Gasteiger partial charge is 0.446 e. The number of hydrogen-bond acceptors (Lipinski definition) is 6. The van der Waals surface area contributed by atoms with Crippen LogP contribution in [0.25, 0.3) is 11.6 Å². The number of thioether (sulfide) groups is 1. The molecule has 19 heavy (non-hydrogen) atoms. The molecule has 0 amide bonds. The molecule has 1 aliphatic rings. The lowest BCUT2D eigenvalue weighted by Crippen LogP contribution is -2.30. The van der Waals surface area contributed by atoms with Gasteiger partial charge in [-0.05, 0) is 47.3 Å². The van der Waals surface area contributed by atoms with Gasteiger partial charge in [0.1, 0.15) is 0 Å². The Morgan fingerprint density at radius 1 is 1.53 bits per heavy atom. The molecule has 3 rings (SSSR count). The van der Waals surface area contributed by atoms with Crippen LogP contribution in [0.4, 0.5) is 0 Å². The summed E-state index contributed by atoms with van der Waals surface area (Å²) in [7, 11) is 2.10. The summed E-state index contributed by atoms with van der Waals surface area (Å²) in [6.07, 6.45) is 1.23. The van der Waals surface area contributed by atoms with E-state index >= 15 is 0 Å². The first-order chi connectivity index (χ1) is 9.22. The van der Waals surface area contributed by atoms with Gasteiger partial charge < -0.3 is 8.94 Å². The monoisotopic (exact) mass is 343 g/mol. The van der Waals surface area contributed by atoms with Crippen LogP contribution in [0.15, 0.2) is 25.7 Å². The van der Waals surface area contributed by atoms with Crippen LogP contribution in [0.2, 0.25) is 0 Å². The lowest BCUT2D eigenvalue weighted by molar-refractivity contribution is 0.218. The lowest BCUT2D eigenvalue weighted by Gasteiger charge is -2.20. The van der Waals surface area contributed by atoms with E-state index in [0.29, 0.717) is 34.7 Å². The SMILES string of the molecule is CN(Cc1nc(-c2ccc(Br)o2)no1)[C@H]1CCSC1. The van der Waals surface area contributed by atoms with Crippen molar-refractivity contribution >= 4 is 27.7 Å². The molecule has 0 unspecified atom stereocenters. The molecule has 1 saturated heterocycles. The zero-order chi connectivity index (χ0) is 13.2. The highest BCUT2D eigenvalue weighted by Gasteiger charge is 2.22. The Labute approximate surface area is 123 Å². The number of aromatic nitrogens is 2. The molecule has 0 radical (unpaired) electrons. The number of nitrogens with zero attached hydrogens (tertiary/aromatic N) is 3. The molecule has 1 aliphatic heterocycles. The summed E-state index contributed by atoms with van der Waals surface area (Å²) in [5, 5.41) is 3.95. The fourth-order valence-electron chi connectivity index (χ4n) is 2.07. The Balaban J connectivity index is 1.67. The summed E-state index contributed by atoms with van der Waals surface area (Å²) in [4.78, 5) is 6.64. The van der Waals surface area contributed by atoms with Crippen molar-refractivity contribution in [3.63, 3.8) is 0 Å². The predicted molar refractivity (Wildman–Crippen MR) is 76.9 cm³/mol. The first-order valence-corrected chi connectivity index (χ1v) is 8.03. The van der Waals surface area contributed by atoms with Crippen molar-refractivity contribution in [2.45, 2.75) is 19.0 Å². The third kappa shape index (κ3) is 3.04. The molecule has 2 aromatic heterocycles. The Hall–Kier alpha value is -0.790. The van der Waals surface area contributed by atoms with Crippen molar-refractivity contribution in [1.29, 1.82) is 0 Å². The molecule has 3 heterocycles. The standard InChI is InChI=1S/C12H14BrN3O2S/c1-16(8-4-5-19-7-8)6-11-14-12(15-18-11)9-2-3-10(13)17-9/h2-3,8H,4-7H2,1H3/t8-/m0/s1. The highest BCUT2D eigenvalue weighted by molar-refractivity contribution is 9.10. The van der Waals surface area contributed by atoms with Gasteiger partial charge in [-0.2, -0.15) is 16.7 Å². The van der Waals surface area contributed by atoms with Gasteiger partial charge in [-0.1, -0.05) is 5.16 Å². The Kier molecular flexibility index (Phi) is 3.95. The van der Waals surface area contributed by atoms with Crippen LogP contribution >= 0.6 is 27.7 Å². The molecule has 0 aromatic carbocycles. The van der Waals surface area contributed by atoms with E-state index in [1.54, 1.807) is 0 Å². The van der Waals surface area contributed by atoms with E-state index in [4.69, 9.17) is 8.94 Å². The van der Waals surface area contributed by atoms with E-state index in [1.165, 1.54) is 17.9 Å². The molecule has 5 nitrogen and oxygen atoms in total. The van der Waals surface area contributed by atoms with E-state index in [2.05, 4.69) is 38.0 Å². The normalized spacial score (nSPS) is 19.4. The van der Waals surface area contributed by atoms with Gasteiger partial charge >= 0.3 is 0 Å². The maximum atomic E-state index is 5.40. The average Bonchev–Trinajstić information content (AvgIpc) is 3.07. The van der Waals surface area contributed by atoms with Crippen molar-refractivity contribution in [3.8, 4) is 11.6 Å². The van der Waals surface area contributed by atoms with Crippen LogP contribution < -0.4 is 0 Å². The molecular formula is C12H14BrN3O2S. The highest BCUT2D eigenvalue weighted by Crippen LogP contribution is 2.24. The van der Waals surface area contributed by atoms with Crippen molar-refractivity contribution in [2.24, 2.45) is 0 Å². The maximum Gasteiger partial charge on any atom is 0.241 e. The molecule has 0 saturated carbocycles. The second kappa shape index (κ2) is 5.68.